The third-order valence-electron chi connectivity index (χ3n) is 2.71. The van der Waals surface area contributed by atoms with E-state index in [1.165, 1.54) is 0 Å². The maximum absolute atomic E-state index is 11.9. The lowest BCUT2D eigenvalue weighted by atomic mass is 10.2. The molecule has 1 N–H and O–H groups in total. The molecule has 0 saturated heterocycles. The van der Waals surface area contributed by atoms with Crippen LogP contribution in [0.1, 0.15) is 17.3 Å². The average Bonchev–Trinajstić information content (AvgIpc) is 2.29. The molecule has 0 aliphatic heterocycles. The van der Waals surface area contributed by atoms with Crippen LogP contribution in [0.25, 0.3) is 0 Å². The van der Waals surface area contributed by atoms with Gasteiger partial charge in [-0.25, -0.2) is 0 Å². The molecule has 0 aliphatic rings. The summed E-state index contributed by atoms with van der Waals surface area (Å²) in [5.74, 6) is -0.219. The van der Waals surface area contributed by atoms with Crippen molar-refractivity contribution in [3.8, 4) is 0 Å². The minimum absolute atomic E-state index is 0.137. The van der Waals surface area contributed by atoms with Crippen molar-refractivity contribution in [1.82, 2.24) is 4.98 Å². The maximum atomic E-state index is 11.9. The molecular weight excluding hydrogens is 236 g/mol. The van der Waals surface area contributed by atoms with Crippen LogP contribution in [0.2, 0.25) is 12.6 Å². The number of nitro groups is 1. The van der Waals surface area contributed by atoms with E-state index >= 15 is 0 Å². The molecule has 1 rings (SSSR count). The van der Waals surface area contributed by atoms with Crippen molar-refractivity contribution in [1.29, 1.82) is 0 Å². The van der Waals surface area contributed by atoms with Crippen molar-refractivity contribution in [2.45, 2.75) is 19.5 Å². The van der Waals surface area contributed by atoms with Crippen LogP contribution in [0.15, 0.2) is 30.3 Å². The molecule has 1 unspecified atom stereocenters. The minimum atomic E-state index is -2.33. The minimum Gasteiger partial charge on any atom is -0.372 e. The fourth-order valence-electron chi connectivity index (χ4n) is 1.46. The summed E-state index contributed by atoms with van der Waals surface area (Å²) in [5, 5.41) is 10.6. The second kappa shape index (κ2) is 5.58. The van der Waals surface area contributed by atoms with Gasteiger partial charge < -0.3 is 4.98 Å². The predicted octanol–water partition coefficient (Wildman–Crippen LogP) is 1.83. The van der Waals surface area contributed by atoms with Gasteiger partial charge in [-0.3, -0.25) is 14.9 Å². The molecule has 0 saturated carbocycles. The number of rotatable bonds is 5. The number of hydrogen-bond acceptors (Lipinski definition) is 3. The van der Waals surface area contributed by atoms with Crippen LogP contribution in [0.5, 0.6) is 0 Å². The lowest BCUT2D eigenvalue weighted by Gasteiger charge is -2.22. The molecule has 0 aromatic heterocycles. The maximum Gasteiger partial charge on any atom is 0.243 e. The standard InChI is InChI=1S/C11H16N2O3Si/c1-3-17(2,9-13(15)16)12-11(14)10-7-5-4-6-8-10/h4-8H,3,9H2,1-2H3,(H,12,14). The number of benzene rings is 1. The Morgan fingerprint density at radius 1 is 1.41 bits per heavy atom. The van der Waals surface area contributed by atoms with E-state index in [4.69, 9.17) is 0 Å². The van der Waals surface area contributed by atoms with Gasteiger partial charge in [0.2, 0.25) is 20.3 Å². The van der Waals surface area contributed by atoms with Crippen molar-refractivity contribution in [2.24, 2.45) is 0 Å². The van der Waals surface area contributed by atoms with Gasteiger partial charge in [0.05, 0.1) is 0 Å². The van der Waals surface area contributed by atoms with Gasteiger partial charge in [0.1, 0.15) is 0 Å². The highest BCUT2D eigenvalue weighted by atomic mass is 28.3. The zero-order chi connectivity index (χ0) is 12.9. The van der Waals surface area contributed by atoms with Crippen LogP contribution < -0.4 is 4.98 Å². The zero-order valence-electron chi connectivity index (χ0n) is 9.97. The molecule has 6 heteroatoms. The Bertz CT molecular complexity index is 410. The molecule has 0 heterocycles. The second-order valence-electron chi connectivity index (χ2n) is 4.23. The van der Waals surface area contributed by atoms with E-state index in [1.807, 2.05) is 19.5 Å². The molecule has 17 heavy (non-hydrogen) atoms. The summed E-state index contributed by atoms with van der Waals surface area (Å²) in [5.41, 5.74) is 0.544. The summed E-state index contributed by atoms with van der Waals surface area (Å²) >= 11 is 0. The largest absolute Gasteiger partial charge is 0.372 e. The van der Waals surface area contributed by atoms with E-state index in [0.29, 0.717) is 11.6 Å². The Kier molecular flexibility index (Phi) is 4.39. The summed E-state index contributed by atoms with van der Waals surface area (Å²) in [7, 11) is -2.33. The Morgan fingerprint density at radius 2 is 2.00 bits per heavy atom. The van der Waals surface area contributed by atoms with Crippen LogP contribution in [0, 0.1) is 10.1 Å². The van der Waals surface area contributed by atoms with E-state index in [9.17, 15) is 14.9 Å². The zero-order valence-corrected chi connectivity index (χ0v) is 11.0. The van der Waals surface area contributed by atoms with Gasteiger partial charge in [0.25, 0.3) is 0 Å². The van der Waals surface area contributed by atoms with E-state index in [0.717, 1.165) is 0 Å². The highest BCUT2D eigenvalue weighted by Crippen LogP contribution is 2.08. The van der Waals surface area contributed by atoms with Crippen LogP contribution in [-0.4, -0.2) is 25.2 Å². The van der Waals surface area contributed by atoms with Gasteiger partial charge in [0, 0.05) is 10.5 Å². The fourth-order valence-corrected chi connectivity index (χ4v) is 3.20. The summed E-state index contributed by atoms with van der Waals surface area (Å²) in [6.45, 7) is 3.69. The first kappa shape index (κ1) is 13.4. The van der Waals surface area contributed by atoms with Crippen molar-refractivity contribution < 1.29 is 9.72 Å². The number of hydrogen-bond donors (Lipinski definition) is 1. The number of carbonyl (C=O) groups excluding carboxylic acids is 1. The molecule has 1 atom stereocenters. The van der Waals surface area contributed by atoms with Crippen molar-refractivity contribution in [2.75, 3.05) is 6.17 Å². The topological polar surface area (TPSA) is 72.2 Å². The van der Waals surface area contributed by atoms with Crippen molar-refractivity contribution in [3.63, 3.8) is 0 Å². The summed E-state index contributed by atoms with van der Waals surface area (Å²) in [4.78, 5) is 25.0. The number of nitrogens with zero attached hydrogens (tertiary/aromatic N) is 1. The third-order valence-corrected chi connectivity index (χ3v) is 6.06. The van der Waals surface area contributed by atoms with E-state index in [2.05, 4.69) is 4.98 Å². The molecule has 92 valence electrons. The van der Waals surface area contributed by atoms with E-state index in [1.54, 1.807) is 24.3 Å². The monoisotopic (exact) mass is 252 g/mol. The molecule has 5 nitrogen and oxygen atoms in total. The van der Waals surface area contributed by atoms with E-state index < -0.39 is 8.24 Å². The quantitative estimate of drug-likeness (QED) is 0.493. The molecule has 1 aromatic rings. The van der Waals surface area contributed by atoms with Gasteiger partial charge in [-0.1, -0.05) is 25.1 Å². The predicted molar refractivity (Wildman–Crippen MR) is 67.9 cm³/mol. The van der Waals surface area contributed by atoms with Crippen molar-refractivity contribution in [3.05, 3.63) is 46.0 Å². The molecule has 0 radical (unpaired) electrons. The first-order valence-corrected chi connectivity index (χ1v) is 8.37. The van der Waals surface area contributed by atoms with Crippen LogP contribution in [0.3, 0.4) is 0 Å². The SMILES string of the molecule is CC[Si](C)(C[N+](=O)[O-])NC(=O)c1ccccc1. The molecule has 0 aliphatic carbocycles. The highest BCUT2D eigenvalue weighted by Gasteiger charge is 2.34. The first-order valence-electron chi connectivity index (χ1n) is 5.46. The van der Waals surface area contributed by atoms with Crippen LogP contribution >= 0.6 is 0 Å². The molecule has 1 amide bonds. The molecule has 1 aromatic carbocycles. The lowest BCUT2D eigenvalue weighted by molar-refractivity contribution is -0.462. The summed E-state index contributed by atoms with van der Waals surface area (Å²) < 4.78 is 0. The Labute approximate surface area is 101 Å². The fraction of sp³-hybridized carbons (Fsp3) is 0.364. The highest BCUT2D eigenvalue weighted by molar-refractivity contribution is 6.78. The first-order chi connectivity index (χ1) is 7.97. The van der Waals surface area contributed by atoms with Gasteiger partial charge >= 0.3 is 0 Å². The Hall–Kier alpha value is -1.69. The lowest BCUT2D eigenvalue weighted by Crippen LogP contribution is -2.55. The summed E-state index contributed by atoms with van der Waals surface area (Å²) in [6.07, 6.45) is -0.137. The smallest absolute Gasteiger partial charge is 0.243 e. The second-order valence-corrected chi connectivity index (χ2v) is 8.62. The van der Waals surface area contributed by atoms with Gasteiger partial charge in [-0.2, -0.15) is 0 Å². The van der Waals surface area contributed by atoms with Gasteiger partial charge in [-0.05, 0) is 24.7 Å². The molecule has 0 fully saturated rings. The summed E-state index contributed by atoms with van der Waals surface area (Å²) in [6, 6.07) is 9.41. The number of carbonyl (C=O) groups is 1. The molecular formula is C11H16N2O3Si. The molecule has 0 bridgehead atoms. The van der Waals surface area contributed by atoms with Crippen LogP contribution in [0.4, 0.5) is 0 Å². The normalized spacial score (nSPS) is 13.8. The number of amides is 1. The van der Waals surface area contributed by atoms with E-state index in [-0.39, 0.29) is 17.0 Å². The third kappa shape index (κ3) is 3.99. The Morgan fingerprint density at radius 3 is 2.47 bits per heavy atom. The Balaban J connectivity index is 2.75. The van der Waals surface area contributed by atoms with Crippen molar-refractivity contribution >= 4 is 14.1 Å². The average molecular weight is 252 g/mol. The van der Waals surface area contributed by atoms with Gasteiger partial charge in [0.15, 0.2) is 0 Å². The van der Waals surface area contributed by atoms with Crippen LogP contribution in [-0.2, 0) is 0 Å². The number of nitrogens with one attached hydrogen (secondary N) is 1. The van der Waals surface area contributed by atoms with Gasteiger partial charge in [-0.15, -0.1) is 0 Å². The molecule has 0 spiro atoms.